The van der Waals surface area contributed by atoms with Gasteiger partial charge in [0.05, 0.1) is 11.1 Å². The second-order valence-electron chi connectivity index (χ2n) is 8.75. The van der Waals surface area contributed by atoms with Crippen molar-refractivity contribution in [3.8, 4) is 5.69 Å². The molecule has 170 valence electrons. The molecule has 7 heteroatoms. The molecule has 0 N–H and O–H groups in total. The normalized spacial score (nSPS) is 14.2. The zero-order chi connectivity index (χ0) is 23.1. The van der Waals surface area contributed by atoms with Crippen LogP contribution in [0.5, 0.6) is 0 Å². The van der Waals surface area contributed by atoms with E-state index in [2.05, 4.69) is 18.7 Å². The quantitative estimate of drug-likeness (QED) is 0.262. The summed E-state index contributed by atoms with van der Waals surface area (Å²) >= 11 is 3.03. The number of thioether (sulfide) groups is 1. The summed E-state index contributed by atoms with van der Waals surface area (Å²) in [4.78, 5) is 23.3. The zero-order valence-corrected chi connectivity index (χ0v) is 20.6. The lowest BCUT2D eigenvalue weighted by atomic mass is 10.0. The molecule has 0 bridgehead atoms. The van der Waals surface area contributed by atoms with E-state index in [1.807, 2.05) is 37.3 Å². The molecule has 4 aromatic rings. The number of fused-ring (bicyclic) bond motifs is 3. The first-order valence-electron chi connectivity index (χ1n) is 11.2. The minimum atomic E-state index is -0.240. The summed E-state index contributed by atoms with van der Waals surface area (Å²) in [6.07, 6.45) is 0.861. The minimum Gasteiger partial charge on any atom is -0.296 e. The molecular weight excluding hydrogens is 453 g/mol. The number of aromatic nitrogens is 2. The molecule has 1 aliphatic heterocycles. The number of rotatable bonds is 5. The second-order valence-corrected chi connectivity index (χ2v) is 10.8. The summed E-state index contributed by atoms with van der Waals surface area (Å²) in [5, 5.41) is 1.34. The van der Waals surface area contributed by atoms with Crippen molar-refractivity contribution in [2.45, 2.75) is 50.7 Å². The molecule has 3 heterocycles. The number of aryl methyl sites for hydroxylation is 1. The van der Waals surface area contributed by atoms with Crippen molar-refractivity contribution in [2.24, 2.45) is 0 Å². The van der Waals surface area contributed by atoms with E-state index in [-0.39, 0.29) is 11.4 Å². The number of halogens is 1. The van der Waals surface area contributed by atoms with Gasteiger partial charge in [0.15, 0.2) is 5.16 Å². The Morgan fingerprint density at radius 3 is 2.64 bits per heavy atom. The van der Waals surface area contributed by atoms with Crippen molar-refractivity contribution in [1.82, 2.24) is 14.5 Å². The van der Waals surface area contributed by atoms with E-state index in [1.54, 1.807) is 28.0 Å². The van der Waals surface area contributed by atoms with Gasteiger partial charge in [0.25, 0.3) is 5.56 Å². The van der Waals surface area contributed by atoms with E-state index in [0.29, 0.717) is 22.5 Å². The maximum atomic E-state index is 14.2. The van der Waals surface area contributed by atoms with Gasteiger partial charge in [-0.05, 0) is 56.5 Å². The standard InChI is InChI=1S/C26H26FN3OS2/c1-16(2)29-13-12-20-22(14-29)33-24-23(20)25(31)30(19-10-8-17(3)9-11-19)26(28-24)32-15-18-6-4-5-7-21(18)27/h4-11,16H,12-15H2,1-3H3. The lowest BCUT2D eigenvalue weighted by molar-refractivity contribution is 0.206. The van der Waals surface area contributed by atoms with E-state index in [1.165, 1.54) is 22.7 Å². The van der Waals surface area contributed by atoms with E-state index < -0.39 is 0 Å². The van der Waals surface area contributed by atoms with Gasteiger partial charge in [0.2, 0.25) is 0 Å². The van der Waals surface area contributed by atoms with Gasteiger partial charge in [-0.25, -0.2) is 9.37 Å². The molecule has 33 heavy (non-hydrogen) atoms. The molecule has 1 aliphatic rings. The van der Waals surface area contributed by atoms with Crippen LogP contribution in [0.2, 0.25) is 0 Å². The Hall–Kier alpha value is -2.48. The highest BCUT2D eigenvalue weighted by Crippen LogP contribution is 2.35. The SMILES string of the molecule is Cc1ccc(-n2c(SCc3ccccc3F)nc3sc4c(c3c2=O)CCN(C(C)C)C4)cc1. The maximum absolute atomic E-state index is 14.2. The number of hydrogen-bond acceptors (Lipinski definition) is 5. The van der Waals surface area contributed by atoms with Crippen LogP contribution in [0.15, 0.2) is 58.5 Å². The molecule has 4 nitrogen and oxygen atoms in total. The Balaban J connectivity index is 1.64. The van der Waals surface area contributed by atoms with Crippen molar-refractivity contribution < 1.29 is 4.39 Å². The van der Waals surface area contributed by atoms with E-state index in [4.69, 9.17) is 4.98 Å². The fourth-order valence-corrected chi connectivity index (χ4v) is 6.55. The van der Waals surface area contributed by atoms with Gasteiger partial charge in [0.1, 0.15) is 10.6 Å². The predicted octanol–water partition coefficient (Wildman–Crippen LogP) is 5.95. The average molecular weight is 480 g/mol. The van der Waals surface area contributed by atoms with Gasteiger partial charge in [-0.15, -0.1) is 11.3 Å². The van der Waals surface area contributed by atoms with Crippen LogP contribution in [0, 0.1) is 12.7 Å². The Kier molecular flexibility index (Phi) is 6.12. The van der Waals surface area contributed by atoms with Crippen LogP contribution in [0.4, 0.5) is 4.39 Å². The lowest BCUT2D eigenvalue weighted by Crippen LogP contribution is -2.35. The summed E-state index contributed by atoms with van der Waals surface area (Å²) < 4.78 is 15.9. The first kappa shape index (κ1) is 22.3. The second kappa shape index (κ2) is 9.05. The highest BCUT2D eigenvalue weighted by Gasteiger charge is 2.26. The van der Waals surface area contributed by atoms with Gasteiger partial charge >= 0.3 is 0 Å². The van der Waals surface area contributed by atoms with Crippen LogP contribution in [0.3, 0.4) is 0 Å². The average Bonchev–Trinajstić information content (AvgIpc) is 3.17. The summed E-state index contributed by atoms with van der Waals surface area (Å²) in [6, 6.07) is 15.1. The van der Waals surface area contributed by atoms with Crippen molar-refractivity contribution in [3.63, 3.8) is 0 Å². The van der Waals surface area contributed by atoms with E-state index >= 15 is 0 Å². The number of thiophene rings is 1. The molecule has 0 saturated carbocycles. The van der Waals surface area contributed by atoms with Crippen LogP contribution in [-0.4, -0.2) is 27.0 Å². The Labute approximate surface area is 201 Å². The minimum absolute atomic E-state index is 0.0321. The summed E-state index contributed by atoms with van der Waals surface area (Å²) in [6.45, 7) is 8.24. The number of nitrogens with zero attached hydrogens (tertiary/aromatic N) is 3. The van der Waals surface area contributed by atoms with Gasteiger partial charge in [-0.1, -0.05) is 47.7 Å². The van der Waals surface area contributed by atoms with E-state index in [9.17, 15) is 9.18 Å². The fraction of sp³-hybridized carbons (Fsp3) is 0.308. The first-order valence-corrected chi connectivity index (χ1v) is 13.0. The molecular formula is C26H26FN3OS2. The van der Waals surface area contributed by atoms with E-state index in [0.717, 1.165) is 46.5 Å². The number of benzene rings is 2. The fourth-order valence-electron chi connectivity index (χ4n) is 4.26. The van der Waals surface area contributed by atoms with Gasteiger partial charge in [-0.2, -0.15) is 0 Å². The smallest absolute Gasteiger partial charge is 0.267 e. The molecule has 0 radical (unpaired) electrons. The molecule has 2 aromatic carbocycles. The monoisotopic (exact) mass is 479 g/mol. The van der Waals surface area contributed by atoms with Crippen LogP contribution < -0.4 is 5.56 Å². The molecule has 0 amide bonds. The molecule has 0 fully saturated rings. The Bertz CT molecular complexity index is 1380. The summed E-state index contributed by atoms with van der Waals surface area (Å²) in [5.74, 6) is 0.165. The molecule has 2 aromatic heterocycles. The van der Waals surface area contributed by atoms with Gasteiger partial charge < -0.3 is 0 Å². The molecule has 0 atom stereocenters. The van der Waals surface area contributed by atoms with Gasteiger partial charge in [-0.3, -0.25) is 14.3 Å². The topological polar surface area (TPSA) is 38.1 Å². The Morgan fingerprint density at radius 2 is 1.91 bits per heavy atom. The van der Waals surface area contributed by atoms with Crippen molar-refractivity contribution >= 4 is 33.3 Å². The van der Waals surface area contributed by atoms with Crippen molar-refractivity contribution in [3.05, 3.63) is 86.3 Å². The van der Waals surface area contributed by atoms with Crippen molar-refractivity contribution in [2.75, 3.05) is 6.54 Å². The molecule has 0 aliphatic carbocycles. The number of hydrogen-bond donors (Lipinski definition) is 0. The third kappa shape index (κ3) is 4.25. The lowest BCUT2D eigenvalue weighted by Gasteiger charge is -2.30. The van der Waals surface area contributed by atoms with Gasteiger partial charge in [0, 0.05) is 29.8 Å². The predicted molar refractivity (Wildman–Crippen MR) is 135 cm³/mol. The largest absolute Gasteiger partial charge is 0.296 e. The molecule has 0 saturated heterocycles. The molecule has 0 spiro atoms. The van der Waals surface area contributed by atoms with Crippen LogP contribution >= 0.6 is 23.1 Å². The van der Waals surface area contributed by atoms with Crippen LogP contribution in [0.1, 0.15) is 35.4 Å². The highest BCUT2D eigenvalue weighted by molar-refractivity contribution is 7.98. The third-order valence-corrected chi connectivity index (χ3v) is 8.31. The highest BCUT2D eigenvalue weighted by atomic mass is 32.2. The molecule has 0 unspecified atom stereocenters. The van der Waals surface area contributed by atoms with Crippen LogP contribution in [0.25, 0.3) is 15.9 Å². The van der Waals surface area contributed by atoms with Crippen LogP contribution in [-0.2, 0) is 18.7 Å². The maximum Gasteiger partial charge on any atom is 0.267 e. The third-order valence-electron chi connectivity index (χ3n) is 6.21. The van der Waals surface area contributed by atoms with Crippen molar-refractivity contribution in [1.29, 1.82) is 0 Å². The first-order chi connectivity index (χ1) is 15.9. The summed E-state index contributed by atoms with van der Waals surface area (Å²) in [5.41, 5.74) is 3.63. The Morgan fingerprint density at radius 1 is 1.15 bits per heavy atom. The summed E-state index contributed by atoms with van der Waals surface area (Å²) in [7, 11) is 0. The molecule has 5 rings (SSSR count). The zero-order valence-electron chi connectivity index (χ0n) is 19.0.